The van der Waals surface area contributed by atoms with Crippen LogP contribution in [-0.4, -0.2) is 24.9 Å². The van der Waals surface area contributed by atoms with Crippen molar-refractivity contribution in [3.63, 3.8) is 0 Å². The summed E-state index contributed by atoms with van der Waals surface area (Å²) in [6, 6.07) is 0. The number of rotatable bonds is 4. The Bertz CT molecular complexity index is 217. The van der Waals surface area contributed by atoms with E-state index in [-0.39, 0.29) is 11.8 Å². The van der Waals surface area contributed by atoms with Crippen molar-refractivity contribution in [1.29, 1.82) is 0 Å². The molecule has 1 fully saturated rings. The summed E-state index contributed by atoms with van der Waals surface area (Å²) in [7, 11) is 0. The van der Waals surface area contributed by atoms with Gasteiger partial charge in [0.15, 0.2) is 0 Å². The predicted octanol–water partition coefficient (Wildman–Crippen LogP) is 0.675. The summed E-state index contributed by atoms with van der Waals surface area (Å²) in [6.07, 6.45) is 3.52. The Morgan fingerprint density at radius 1 is 1.00 bits per heavy atom. The molecule has 4 nitrogen and oxygen atoms in total. The Morgan fingerprint density at radius 2 is 1.40 bits per heavy atom. The first-order valence-electron chi connectivity index (χ1n) is 5.58. The normalized spacial score (nSPS) is 24.9. The first-order chi connectivity index (χ1) is 7.09. The summed E-state index contributed by atoms with van der Waals surface area (Å²) in [5.41, 5.74) is 0. The Hall–Kier alpha value is -1.06. The minimum absolute atomic E-state index is 0.0279. The van der Waals surface area contributed by atoms with Crippen molar-refractivity contribution in [2.75, 3.05) is 13.1 Å². The monoisotopic (exact) mass is 212 g/mol. The molecule has 0 aromatic heterocycles. The smallest absolute Gasteiger partial charge is 0.216 e. The Labute approximate surface area is 90.8 Å². The van der Waals surface area contributed by atoms with Gasteiger partial charge in [-0.3, -0.25) is 9.59 Å². The molecule has 2 amide bonds. The van der Waals surface area contributed by atoms with E-state index >= 15 is 0 Å². The molecule has 0 radical (unpaired) electrons. The van der Waals surface area contributed by atoms with Gasteiger partial charge in [0.1, 0.15) is 0 Å². The number of nitrogens with one attached hydrogen (secondary N) is 2. The molecular weight excluding hydrogens is 192 g/mol. The zero-order valence-electron chi connectivity index (χ0n) is 9.51. The molecule has 0 heterocycles. The summed E-state index contributed by atoms with van der Waals surface area (Å²) in [5, 5.41) is 5.71. The molecule has 0 bridgehead atoms. The molecule has 1 saturated carbocycles. The predicted molar refractivity (Wildman–Crippen MR) is 58.2 cm³/mol. The van der Waals surface area contributed by atoms with Gasteiger partial charge in [0.2, 0.25) is 11.8 Å². The van der Waals surface area contributed by atoms with Crippen molar-refractivity contribution in [2.24, 2.45) is 11.8 Å². The molecule has 2 unspecified atom stereocenters. The van der Waals surface area contributed by atoms with Crippen LogP contribution in [0.1, 0.15) is 33.1 Å². The van der Waals surface area contributed by atoms with Crippen LogP contribution >= 0.6 is 0 Å². The van der Waals surface area contributed by atoms with Crippen LogP contribution in [0.2, 0.25) is 0 Å². The summed E-state index contributed by atoms with van der Waals surface area (Å²) in [6.45, 7) is 4.58. The standard InChI is InChI=1S/C11H20N2O2/c1-8(14)12-6-10-4-3-5-11(10)7-13-9(2)15/h10-11H,3-7H2,1-2H3,(H,12,14)(H,13,15). The van der Waals surface area contributed by atoms with Crippen LogP contribution in [0.3, 0.4) is 0 Å². The van der Waals surface area contributed by atoms with E-state index in [1.807, 2.05) is 0 Å². The first kappa shape index (κ1) is 12.0. The van der Waals surface area contributed by atoms with Crippen LogP contribution in [0.25, 0.3) is 0 Å². The van der Waals surface area contributed by atoms with Crippen molar-refractivity contribution in [3.8, 4) is 0 Å². The van der Waals surface area contributed by atoms with E-state index < -0.39 is 0 Å². The Kier molecular flexibility index (Phi) is 4.59. The van der Waals surface area contributed by atoms with Gasteiger partial charge in [-0.2, -0.15) is 0 Å². The van der Waals surface area contributed by atoms with E-state index in [0.29, 0.717) is 11.8 Å². The molecule has 15 heavy (non-hydrogen) atoms. The van der Waals surface area contributed by atoms with E-state index in [0.717, 1.165) is 25.9 Å². The maximum Gasteiger partial charge on any atom is 0.216 e. The molecule has 0 aromatic carbocycles. The van der Waals surface area contributed by atoms with Crippen LogP contribution in [-0.2, 0) is 9.59 Å². The van der Waals surface area contributed by atoms with E-state index in [1.165, 1.54) is 20.3 Å². The van der Waals surface area contributed by atoms with Gasteiger partial charge < -0.3 is 10.6 Å². The molecule has 4 heteroatoms. The third-order valence-electron chi connectivity index (χ3n) is 3.04. The molecule has 1 aliphatic rings. The summed E-state index contributed by atoms with van der Waals surface area (Å²) in [5.74, 6) is 1.11. The quantitative estimate of drug-likeness (QED) is 0.719. The average Bonchev–Trinajstić information content (AvgIpc) is 2.58. The van der Waals surface area contributed by atoms with Crippen LogP contribution in [0, 0.1) is 11.8 Å². The van der Waals surface area contributed by atoms with Crippen molar-refractivity contribution in [3.05, 3.63) is 0 Å². The second kappa shape index (κ2) is 5.73. The highest BCUT2D eigenvalue weighted by molar-refractivity contribution is 5.73. The Balaban J connectivity index is 2.29. The summed E-state index contributed by atoms with van der Waals surface area (Å²) >= 11 is 0. The largest absolute Gasteiger partial charge is 0.356 e. The molecule has 0 aliphatic heterocycles. The second-order valence-corrected chi connectivity index (χ2v) is 4.33. The topological polar surface area (TPSA) is 58.2 Å². The number of carbonyl (C=O) groups is 2. The molecule has 0 spiro atoms. The van der Waals surface area contributed by atoms with E-state index in [4.69, 9.17) is 0 Å². The lowest BCUT2D eigenvalue weighted by molar-refractivity contribution is -0.120. The van der Waals surface area contributed by atoms with E-state index in [9.17, 15) is 9.59 Å². The van der Waals surface area contributed by atoms with Crippen LogP contribution in [0.15, 0.2) is 0 Å². The van der Waals surface area contributed by atoms with Gasteiger partial charge in [0.25, 0.3) is 0 Å². The Morgan fingerprint density at radius 3 is 1.73 bits per heavy atom. The van der Waals surface area contributed by atoms with Crippen LogP contribution < -0.4 is 10.6 Å². The summed E-state index contributed by atoms with van der Waals surface area (Å²) < 4.78 is 0. The fraction of sp³-hybridized carbons (Fsp3) is 0.818. The lowest BCUT2D eigenvalue weighted by Crippen LogP contribution is -2.34. The van der Waals surface area contributed by atoms with E-state index in [1.54, 1.807) is 0 Å². The zero-order valence-corrected chi connectivity index (χ0v) is 9.51. The maximum absolute atomic E-state index is 10.8. The molecule has 1 rings (SSSR count). The highest BCUT2D eigenvalue weighted by Gasteiger charge is 2.27. The lowest BCUT2D eigenvalue weighted by atomic mass is 9.96. The molecular formula is C11H20N2O2. The minimum atomic E-state index is 0.0279. The third kappa shape index (κ3) is 4.32. The number of hydrogen-bond donors (Lipinski definition) is 2. The molecule has 86 valence electrons. The number of carbonyl (C=O) groups excluding carboxylic acids is 2. The van der Waals surface area contributed by atoms with Crippen molar-refractivity contribution in [1.82, 2.24) is 10.6 Å². The van der Waals surface area contributed by atoms with Crippen molar-refractivity contribution >= 4 is 11.8 Å². The highest BCUT2D eigenvalue weighted by Crippen LogP contribution is 2.30. The second-order valence-electron chi connectivity index (χ2n) is 4.33. The number of hydrogen-bond acceptors (Lipinski definition) is 2. The lowest BCUT2D eigenvalue weighted by Gasteiger charge is -2.19. The first-order valence-corrected chi connectivity index (χ1v) is 5.58. The van der Waals surface area contributed by atoms with Gasteiger partial charge >= 0.3 is 0 Å². The third-order valence-corrected chi connectivity index (χ3v) is 3.04. The van der Waals surface area contributed by atoms with Gasteiger partial charge in [-0.1, -0.05) is 6.42 Å². The average molecular weight is 212 g/mol. The summed E-state index contributed by atoms with van der Waals surface area (Å²) in [4.78, 5) is 21.6. The molecule has 0 aromatic rings. The van der Waals surface area contributed by atoms with Gasteiger partial charge in [-0.15, -0.1) is 0 Å². The van der Waals surface area contributed by atoms with Gasteiger partial charge in [0.05, 0.1) is 0 Å². The van der Waals surface area contributed by atoms with E-state index in [2.05, 4.69) is 10.6 Å². The van der Waals surface area contributed by atoms with Gasteiger partial charge in [-0.05, 0) is 24.7 Å². The molecule has 1 aliphatic carbocycles. The van der Waals surface area contributed by atoms with Crippen LogP contribution in [0.5, 0.6) is 0 Å². The highest BCUT2D eigenvalue weighted by atomic mass is 16.2. The number of amides is 2. The van der Waals surface area contributed by atoms with Gasteiger partial charge in [0, 0.05) is 26.9 Å². The maximum atomic E-state index is 10.8. The van der Waals surface area contributed by atoms with Gasteiger partial charge in [-0.25, -0.2) is 0 Å². The van der Waals surface area contributed by atoms with Crippen molar-refractivity contribution < 1.29 is 9.59 Å². The molecule has 0 saturated heterocycles. The fourth-order valence-corrected chi connectivity index (χ4v) is 2.20. The van der Waals surface area contributed by atoms with Crippen LogP contribution in [0.4, 0.5) is 0 Å². The van der Waals surface area contributed by atoms with Crippen molar-refractivity contribution in [2.45, 2.75) is 33.1 Å². The minimum Gasteiger partial charge on any atom is -0.356 e. The fourth-order valence-electron chi connectivity index (χ4n) is 2.20. The molecule has 2 N–H and O–H groups in total. The zero-order chi connectivity index (χ0) is 11.3. The molecule has 2 atom stereocenters. The SMILES string of the molecule is CC(=O)NCC1CCCC1CNC(C)=O.